The highest BCUT2D eigenvalue weighted by Gasteiger charge is 2.42. The second kappa shape index (κ2) is 18.7. The normalized spacial score (nSPS) is 13.9. The third-order valence-electron chi connectivity index (χ3n) is 8.59. The maximum Gasteiger partial charge on any atom is 0.416 e. The largest absolute Gasteiger partial charge is 0.416 e. The van der Waals surface area contributed by atoms with E-state index >= 15 is 0 Å². The lowest BCUT2D eigenvalue weighted by Crippen LogP contribution is -2.19. The first-order valence-electron chi connectivity index (χ1n) is 17.6. The maximum atomic E-state index is 13.7. The molecule has 0 spiro atoms. The highest BCUT2D eigenvalue weighted by molar-refractivity contribution is 8.33. The first-order valence-corrected chi connectivity index (χ1v) is 25.1. The summed E-state index contributed by atoms with van der Waals surface area (Å²) in [5.74, 6) is -4.00. The number of rotatable bonds is 16. The minimum atomic E-state index is -5.53. The molecule has 0 heterocycles. The van der Waals surface area contributed by atoms with Crippen molar-refractivity contribution >= 4 is 50.8 Å². The molecule has 0 bridgehead atoms. The molecule has 30 heteroatoms. The molecule has 0 fully saturated rings. The highest BCUT2D eigenvalue weighted by atomic mass is 32.3. The lowest BCUT2D eigenvalue weighted by molar-refractivity contribution is -0.145. The summed E-state index contributed by atoms with van der Waals surface area (Å²) < 4.78 is 296. The molecule has 5 rings (SSSR count). The molecular weight excluding hydrogens is 1040 g/mol. The van der Waals surface area contributed by atoms with Crippen LogP contribution in [0.2, 0.25) is 0 Å². The van der Waals surface area contributed by atoms with E-state index in [0.717, 1.165) is 48.5 Å². The van der Waals surface area contributed by atoms with E-state index in [4.69, 9.17) is 12.0 Å². The standard InChI is InChI=1S/C37H25F13O12S5/c38-34(39,40)23-17-24(35(41,42)43)20-32(19-23)66(55,56)59-27-7-11-30(12-8-27)65(29-5-2-1-3-6-29,62-64(53,54)16-4-15-63(51,52)61-50)31-13-9-28(10-14-31)60-67(57,58)33-21-25(36(44,45)46)18-26(22-33)37(47,48)49/h1-3,5-14,17-22H,4,15-16H2. The fraction of sp³-hybridized carbons (Fsp3) is 0.189. The molecule has 0 atom stereocenters. The van der Waals surface area contributed by atoms with E-state index in [2.05, 4.69) is 4.39 Å². The molecule has 0 saturated heterocycles. The summed E-state index contributed by atoms with van der Waals surface area (Å²) in [6.07, 6.45) is -22.7. The van der Waals surface area contributed by atoms with Crippen molar-refractivity contribution in [1.29, 1.82) is 0 Å². The summed E-state index contributed by atoms with van der Waals surface area (Å²) in [7, 11) is -24.9. The van der Waals surface area contributed by atoms with Crippen LogP contribution in [0.25, 0.3) is 0 Å². The second-order valence-corrected chi connectivity index (χ2v) is 22.7. The fourth-order valence-corrected chi connectivity index (χ4v) is 13.7. The Hall–Kier alpha value is -5.14. The monoisotopic (exact) mass is 1070 g/mol. The Bertz CT molecular complexity index is 2840. The Kier molecular flexibility index (Phi) is 14.8. The van der Waals surface area contributed by atoms with Crippen molar-refractivity contribution < 1.29 is 107 Å². The average molecular weight is 1070 g/mol. The molecule has 0 saturated carbocycles. The molecule has 0 radical (unpaired) electrons. The van der Waals surface area contributed by atoms with Crippen molar-refractivity contribution in [3.8, 4) is 11.5 Å². The highest BCUT2D eigenvalue weighted by Crippen LogP contribution is 2.70. The Morgan fingerprint density at radius 1 is 0.388 bits per heavy atom. The molecule has 0 aliphatic rings. The van der Waals surface area contributed by atoms with Gasteiger partial charge < -0.3 is 8.37 Å². The molecule has 0 aromatic heterocycles. The first-order chi connectivity index (χ1) is 30.6. The molecule has 67 heavy (non-hydrogen) atoms. The van der Waals surface area contributed by atoms with Crippen LogP contribution in [0.1, 0.15) is 28.7 Å². The van der Waals surface area contributed by atoms with E-state index in [0.29, 0.717) is 0 Å². The van der Waals surface area contributed by atoms with Crippen LogP contribution in [0, 0.1) is 0 Å². The second-order valence-electron chi connectivity index (χ2n) is 13.4. The first kappa shape index (κ1) is 52.8. The lowest BCUT2D eigenvalue weighted by Gasteiger charge is -2.39. The van der Waals surface area contributed by atoms with Crippen LogP contribution >= 0.6 is 10.3 Å². The van der Waals surface area contributed by atoms with E-state index in [1.807, 2.05) is 0 Å². The minimum Gasteiger partial charge on any atom is -0.379 e. The lowest BCUT2D eigenvalue weighted by atomic mass is 10.1. The fourth-order valence-electron chi connectivity index (χ4n) is 5.64. The van der Waals surface area contributed by atoms with Crippen LogP contribution in [0.3, 0.4) is 0 Å². The van der Waals surface area contributed by atoms with Gasteiger partial charge in [-0.05, 0) is 118 Å². The van der Waals surface area contributed by atoms with E-state index in [1.54, 1.807) is 0 Å². The van der Waals surface area contributed by atoms with Crippen molar-refractivity contribution in [1.82, 2.24) is 0 Å². The van der Waals surface area contributed by atoms with Gasteiger partial charge in [-0.2, -0.15) is 86.4 Å². The van der Waals surface area contributed by atoms with Crippen molar-refractivity contribution in [3.05, 3.63) is 138 Å². The van der Waals surface area contributed by atoms with Gasteiger partial charge in [-0.15, -0.1) is 0 Å². The summed E-state index contributed by atoms with van der Waals surface area (Å²) >= 11 is 0. The number of hydrogen-bond acceptors (Lipinski definition) is 12. The van der Waals surface area contributed by atoms with Crippen LogP contribution in [-0.2, 0) is 73.2 Å². The minimum absolute atomic E-state index is 0.0897. The van der Waals surface area contributed by atoms with Crippen molar-refractivity contribution in [3.63, 3.8) is 0 Å². The van der Waals surface area contributed by atoms with E-state index in [1.165, 1.54) is 30.3 Å². The van der Waals surface area contributed by atoms with Crippen LogP contribution in [0.15, 0.2) is 140 Å². The molecule has 0 aliphatic carbocycles. The van der Waals surface area contributed by atoms with E-state index in [9.17, 15) is 90.9 Å². The Morgan fingerprint density at radius 2 is 0.701 bits per heavy atom. The zero-order valence-corrected chi connectivity index (χ0v) is 36.5. The van der Waals surface area contributed by atoms with Crippen LogP contribution in [-0.4, -0.2) is 45.2 Å². The zero-order chi connectivity index (χ0) is 50.2. The third kappa shape index (κ3) is 12.9. The Balaban J connectivity index is 1.63. The predicted molar refractivity (Wildman–Crippen MR) is 206 cm³/mol. The summed E-state index contributed by atoms with van der Waals surface area (Å²) in [5.41, 5.74) is -8.04. The predicted octanol–water partition coefficient (Wildman–Crippen LogP) is 10.5. The average Bonchev–Trinajstić information content (AvgIpc) is 3.22. The Morgan fingerprint density at radius 3 is 1.01 bits per heavy atom. The van der Waals surface area contributed by atoms with Gasteiger partial charge in [-0.3, -0.25) is 0 Å². The topological polar surface area (TPSA) is 173 Å². The Labute approximate surface area is 372 Å². The summed E-state index contributed by atoms with van der Waals surface area (Å²) in [4.78, 5) is -3.83. The molecule has 0 unspecified atom stereocenters. The maximum absolute atomic E-state index is 13.7. The van der Waals surface area contributed by atoms with Gasteiger partial charge in [-0.25, -0.2) is 3.63 Å². The molecule has 12 nitrogen and oxygen atoms in total. The summed E-state index contributed by atoms with van der Waals surface area (Å²) in [5, 5.41) is 0. The zero-order valence-electron chi connectivity index (χ0n) is 32.4. The van der Waals surface area contributed by atoms with Gasteiger partial charge in [-0.1, -0.05) is 22.6 Å². The third-order valence-corrected chi connectivity index (χ3v) is 17.3. The van der Waals surface area contributed by atoms with E-state index in [-0.39, 0.29) is 51.1 Å². The van der Waals surface area contributed by atoms with Gasteiger partial charge in [0.2, 0.25) is 0 Å². The van der Waals surface area contributed by atoms with Crippen molar-refractivity contribution in [2.24, 2.45) is 0 Å². The molecular formula is C37H25F13O12S5. The molecule has 0 N–H and O–H groups in total. The van der Waals surface area contributed by atoms with E-state index < -0.39 is 137 Å². The van der Waals surface area contributed by atoms with Crippen molar-refractivity contribution in [2.75, 3.05) is 11.5 Å². The molecule has 0 aliphatic heterocycles. The molecule has 5 aromatic carbocycles. The number of benzene rings is 5. The van der Waals surface area contributed by atoms with Gasteiger partial charge in [0, 0.05) is 14.7 Å². The van der Waals surface area contributed by atoms with Crippen LogP contribution < -0.4 is 8.37 Å². The van der Waals surface area contributed by atoms with Gasteiger partial charge in [0.1, 0.15) is 21.3 Å². The van der Waals surface area contributed by atoms with Crippen molar-refractivity contribution in [2.45, 2.75) is 55.6 Å². The summed E-state index contributed by atoms with van der Waals surface area (Å²) in [6, 6.07) is 12.1. The number of halogens is 13. The molecule has 5 aromatic rings. The van der Waals surface area contributed by atoms with Gasteiger partial charge in [0.05, 0.1) is 33.8 Å². The van der Waals surface area contributed by atoms with Crippen LogP contribution in [0.4, 0.5) is 57.2 Å². The number of hydrogen-bond donors (Lipinski definition) is 0. The van der Waals surface area contributed by atoms with Crippen LogP contribution in [0.5, 0.6) is 11.5 Å². The SMILES string of the molecule is O=S(=O)(CCCS(=O)(=O)OS(c1ccccc1)(c1ccc(OS(=O)(=O)c2cc(C(F)(F)F)cc(C(F)(F)F)c2)cc1)c1ccc(OS(=O)(=O)c2cc(C(F)(F)F)cc(C(F)(F)F)c2)cc1)OF. The quantitative estimate of drug-likeness (QED) is 0.0677. The van der Waals surface area contributed by atoms with Gasteiger partial charge in [0.15, 0.2) is 0 Å². The number of alkyl halides is 12. The summed E-state index contributed by atoms with van der Waals surface area (Å²) in [6.45, 7) is 0. The van der Waals surface area contributed by atoms with Gasteiger partial charge >= 0.3 is 44.9 Å². The van der Waals surface area contributed by atoms with Gasteiger partial charge in [0.25, 0.3) is 20.2 Å². The smallest absolute Gasteiger partial charge is 0.379 e. The molecule has 0 amide bonds. The molecule has 366 valence electrons.